The van der Waals surface area contributed by atoms with Crippen LogP contribution in [0.1, 0.15) is 38.3 Å². The van der Waals surface area contributed by atoms with Crippen LogP contribution in [-0.2, 0) is 11.3 Å². The van der Waals surface area contributed by atoms with Crippen molar-refractivity contribution < 1.29 is 13.9 Å². The molecule has 2 N–H and O–H groups in total. The zero-order valence-corrected chi connectivity index (χ0v) is 22.1. The van der Waals surface area contributed by atoms with Crippen LogP contribution in [0.25, 0.3) is 16.8 Å². The highest BCUT2D eigenvalue weighted by Crippen LogP contribution is 2.25. The van der Waals surface area contributed by atoms with E-state index in [1.807, 2.05) is 57.2 Å². The van der Waals surface area contributed by atoms with Gasteiger partial charge in [-0.05, 0) is 44.4 Å². The van der Waals surface area contributed by atoms with Gasteiger partial charge in [-0.15, -0.1) is 0 Å². The fourth-order valence-electron chi connectivity index (χ4n) is 4.51. The number of hydrogen-bond acceptors (Lipinski definition) is 7. The number of fused-ring (bicyclic) bond motifs is 1. The fraction of sp³-hybridized carbons (Fsp3) is 0.310. The Morgan fingerprint density at radius 3 is 2.69 bits per heavy atom. The van der Waals surface area contributed by atoms with Gasteiger partial charge in [-0.3, -0.25) is 0 Å². The molecule has 0 saturated carbocycles. The van der Waals surface area contributed by atoms with E-state index in [-0.39, 0.29) is 24.5 Å². The highest BCUT2D eigenvalue weighted by Gasteiger charge is 2.30. The summed E-state index contributed by atoms with van der Waals surface area (Å²) >= 11 is 0. The van der Waals surface area contributed by atoms with Crippen molar-refractivity contribution in [2.24, 2.45) is 0 Å². The molecule has 1 saturated heterocycles. The summed E-state index contributed by atoms with van der Waals surface area (Å²) in [5, 5.41) is 20.5. The number of carbonyl (C=O) groups excluding carboxylic acids is 1. The molecule has 0 aliphatic carbocycles. The van der Waals surface area contributed by atoms with Crippen molar-refractivity contribution in [1.29, 1.82) is 5.26 Å². The molecule has 0 spiro atoms. The Labute approximate surface area is 226 Å². The molecule has 1 aliphatic rings. The molecular formula is C29H30FN7O2. The quantitative estimate of drug-likeness (QED) is 0.344. The molecule has 200 valence electrons. The molecule has 4 aromatic rings. The van der Waals surface area contributed by atoms with Crippen LogP contribution in [0.2, 0.25) is 0 Å². The molecule has 1 fully saturated rings. The molecule has 2 aromatic carbocycles. The Balaban J connectivity index is 1.33. The Morgan fingerprint density at radius 1 is 1.18 bits per heavy atom. The third-order valence-electron chi connectivity index (χ3n) is 6.40. The summed E-state index contributed by atoms with van der Waals surface area (Å²) < 4.78 is 22.0. The van der Waals surface area contributed by atoms with Crippen molar-refractivity contribution in [3.63, 3.8) is 0 Å². The second kappa shape index (κ2) is 10.6. The first-order valence-corrected chi connectivity index (χ1v) is 12.8. The van der Waals surface area contributed by atoms with Gasteiger partial charge < -0.3 is 20.3 Å². The number of ether oxygens (including phenoxy) is 1. The molecule has 2 aromatic heterocycles. The predicted molar refractivity (Wildman–Crippen MR) is 147 cm³/mol. The zero-order chi connectivity index (χ0) is 27.6. The second-order valence-corrected chi connectivity index (χ2v) is 10.5. The average Bonchev–Trinajstić information content (AvgIpc) is 3.54. The largest absolute Gasteiger partial charge is 0.444 e. The number of nitrogens with one attached hydrogen (secondary N) is 2. The van der Waals surface area contributed by atoms with Crippen molar-refractivity contribution in [1.82, 2.24) is 19.5 Å². The van der Waals surface area contributed by atoms with Crippen LogP contribution in [-0.4, -0.2) is 50.3 Å². The van der Waals surface area contributed by atoms with E-state index in [1.165, 1.54) is 16.8 Å². The number of rotatable bonds is 6. The predicted octanol–water partition coefficient (Wildman–Crippen LogP) is 5.44. The van der Waals surface area contributed by atoms with Gasteiger partial charge in [-0.25, -0.2) is 14.2 Å². The van der Waals surface area contributed by atoms with E-state index in [9.17, 15) is 14.4 Å². The summed E-state index contributed by atoms with van der Waals surface area (Å²) in [4.78, 5) is 18.7. The average molecular weight is 528 g/mol. The number of halogens is 1. The number of anilines is 2. The fourth-order valence-corrected chi connectivity index (χ4v) is 4.51. The lowest BCUT2D eigenvalue weighted by Crippen LogP contribution is -2.36. The topological polar surface area (TPSA) is 108 Å². The lowest BCUT2D eigenvalue weighted by molar-refractivity contribution is 0.0293. The van der Waals surface area contributed by atoms with Crippen molar-refractivity contribution in [3.8, 4) is 17.2 Å². The van der Waals surface area contributed by atoms with Crippen LogP contribution in [0.5, 0.6) is 0 Å². The molecule has 1 amide bonds. The Hall–Kier alpha value is -4.65. The van der Waals surface area contributed by atoms with Crippen molar-refractivity contribution in [2.75, 3.05) is 23.7 Å². The van der Waals surface area contributed by atoms with Gasteiger partial charge in [-0.1, -0.05) is 42.5 Å². The molecular weight excluding hydrogens is 497 g/mol. The van der Waals surface area contributed by atoms with Crippen LogP contribution < -0.4 is 10.6 Å². The maximum Gasteiger partial charge on any atom is 0.410 e. The number of amides is 1. The Bertz CT molecular complexity index is 1540. The molecule has 5 rings (SSSR count). The summed E-state index contributed by atoms with van der Waals surface area (Å²) in [7, 11) is 0. The number of hydrogen-bond donors (Lipinski definition) is 2. The molecule has 9 nitrogen and oxygen atoms in total. The van der Waals surface area contributed by atoms with Gasteiger partial charge in [0.1, 0.15) is 34.7 Å². The SMILES string of the molecule is CC(C)(C)OC(=O)N1CC[C@H](Nc2cc(NCc3ccc(-c4ccccc4)cc3F)n3ncc(C#N)c3n2)C1. The Morgan fingerprint density at radius 2 is 1.97 bits per heavy atom. The maximum absolute atomic E-state index is 15.0. The number of likely N-dealkylation sites (tertiary alicyclic amines) is 1. The number of aromatic nitrogens is 3. The van der Waals surface area contributed by atoms with Crippen LogP contribution >= 0.6 is 0 Å². The number of nitriles is 1. The molecule has 0 bridgehead atoms. The van der Waals surface area contributed by atoms with Gasteiger partial charge in [0.2, 0.25) is 0 Å². The third-order valence-corrected chi connectivity index (χ3v) is 6.40. The van der Waals surface area contributed by atoms with E-state index >= 15 is 0 Å². The first-order chi connectivity index (χ1) is 18.7. The number of benzene rings is 2. The second-order valence-electron chi connectivity index (χ2n) is 10.5. The molecule has 1 atom stereocenters. The molecule has 39 heavy (non-hydrogen) atoms. The van der Waals surface area contributed by atoms with Gasteiger partial charge in [0.05, 0.1) is 6.20 Å². The number of nitrogens with zero attached hydrogens (tertiary/aromatic N) is 5. The lowest BCUT2D eigenvalue weighted by atomic mass is 10.0. The van der Waals surface area contributed by atoms with Crippen LogP contribution in [0.15, 0.2) is 60.8 Å². The van der Waals surface area contributed by atoms with Gasteiger partial charge in [0.15, 0.2) is 5.65 Å². The van der Waals surface area contributed by atoms with Crippen molar-refractivity contribution >= 4 is 23.4 Å². The highest BCUT2D eigenvalue weighted by molar-refractivity contribution is 5.69. The third kappa shape index (κ3) is 5.93. The monoisotopic (exact) mass is 527 g/mol. The summed E-state index contributed by atoms with van der Waals surface area (Å²) in [5.41, 5.74) is 2.38. The Kier molecular flexibility index (Phi) is 7.07. The van der Waals surface area contributed by atoms with Crippen LogP contribution in [0.4, 0.5) is 20.8 Å². The highest BCUT2D eigenvalue weighted by atomic mass is 19.1. The zero-order valence-electron chi connectivity index (χ0n) is 22.1. The lowest BCUT2D eigenvalue weighted by Gasteiger charge is -2.24. The van der Waals surface area contributed by atoms with E-state index in [4.69, 9.17) is 4.74 Å². The van der Waals surface area contributed by atoms with Gasteiger partial charge >= 0.3 is 6.09 Å². The first-order valence-electron chi connectivity index (χ1n) is 12.8. The van der Waals surface area contributed by atoms with Crippen LogP contribution in [0, 0.1) is 17.1 Å². The first kappa shape index (κ1) is 26.0. The normalized spacial score (nSPS) is 15.3. The smallest absolute Gasteiger partial charge is 0.410 e. The maximum atomic E-state index is 15.0. The van der Waals surface area contributed by atoms with Gasteiger partial charge in [0.25, 0.3) is 0 Å². The molecule has 0 radical (unpaired) electrons. The molecule has 0 unspecified atom stereocenters. The summed E-state index contributed by atoms with van der Waals surface area (Å²) in [5.74, 6) is 0.759. The van der Waals surface area contributed by atoms with Crippen molar-refractivity contribution in [2.45, 2.75) is 45.4 Å². The van der Waals surface area contributed by atoms with Gasteiger partial charge in [-0.2, -0.15) is 14.9 Å². The minimum absolute atomic E-state index is 0.0447. The van der Waals surface area contributed by atoms with Crippen molar-refractivity contribution in [3.05, 3.63) is 77.7 Å². The van der Waals surface area contributed by atoms with E-state index in [2.05, 4.69) is 26.8 Å². The minimum Gasteiger partial charge on any atom is -0.444 e. The molecule has 10 heteroatoms. The van der Waals surface area contributed by atoms with E-state index in [1.54, 1.807) is 17.0 Å². The van der Waals surface area contributed by atoms with E-state index in [0.29, 0.717) is 41.5 Å². The molecule has 3 heterocycles. The van der Waals surface area contributed by atoms with Crippen LogP contribution in [0.3, 0.4) is 0 Å². The standard InChI is InChI=1S/C29H30FN7O2/c1-29(2,3)39-28(38)36-12-11-23(18-36)34-25-14-26(37-27(35-25)22(15-31)17-33-37)32-16-21-10-9-20(13-24(21)30)19-7-5-4-6-8-19/h4-10,13-14,17,23,32H,11-12,16,18H2,1-3H3,(H,34,35)/t23-/m0/s1. The van der Waals surface area contributed by atoms with Gasteiger partial charge in [0, 0.05) is 37.3 Å². The summed E-state index contributed by atoms with van der Waals surface area (Å²) in [6, 6.07) is 18.7. The van der Waals surface area contributed by atoms with E-state index < -0.39 is 5.60 Å². The minimum atomic E-state index is -0.563. The molecule has 1 aliphatic heterocycles. The number of carbonyl (C=O) groups is 1. The van der Waals surface area contributed by atoms with E-state index in [0.717, 1.165) is 17.5 Å². The summed E-state index contributed by atoms with van der Waals surface area (Å²) in [6.45, 7) is 6.75. The summed E-state index contributed by atoms with van der Waals surface area (Å²) in [6.07, 6.45) is 1.82.